The second-order valence-electron chi connectivity index (χ2n) is 8.09. The maximum Gasteiger partial charge on any atom is 0.195 e. The summed E-state index contributed by atoms with van der Waals surface area (Å²) < 4.78 is 34.5. The Labute approximate surface area is 193 Å². The Bertz CT molecular complexity index is 1320. The minimum absolute atomic E-state index is 0.0545. The minimum atomic E-state index is -0.720. The molecule has 1 saturated heterocycles. The van der Waals surface area contributed by atoms with Crippen LogP contribution in [0.15, 0.2) is 60.7 Å². The fraction of sp³-hybridized carbons (Fsp3) is 0.192. The summed E-state index contributed by atoms with van der Waals surface area (Å²) in [5, 5.41) is 10.5. The van der Waals surface area contributed by atoms with Crippen LogP contribution in [0.3, 0.4) is 0 Å². The molecule has 1 N–H and O–H groups in total. The van der Waals surface area contributed by atoms with Crippen LogP contribution >= 0.6 is 11.3 Å². The molecule has 4 aromatic rings. The van der Waals surface area contributed by atoms with Crippen molar-refractivity contribution in [1.29, 1.82) is 0 Å². The van der Waals surface area contributed by atoms with Crippen molar-refractivity contribution >= 4 is 27.2 Å². The van der Waals surface area contributed by atoms with Crippen molar-refractivity contribution in [1.82, 2.24) is 4.90 Å². The molecule has 0 aliphatic carbocycles. The number of rotatable bonds is 6. The Morgan fingerprint density at radius 2 is 1.76 bits per heavy atom. The average Bonchev–Trinajstić information content (AvgIpc) is 3.13. The van der Waals surface area contributed by atoms with Gasteiger partial charge in [0.15, 0.2) is 5.78 Å². The van der Waals surface area contributed by atoms with Gasteiger partial charge >= 0.3 is 0 Å². The predicted octanol–water partition coefficient (Wildman–Crippen LogP) is 5.87. The first-order chi connectivity index (χ1) is 15.9. The molecule has 0 radical (unpaired) electrons. The number of ether oxygens (including phenoxy) is 1. The van der Waals surface area contributed by atoms with Crippen molar-refractivity contribution in [3.8, 4) is 21.9 Å². The number of benzene rings is 3. The molecule has 5 rings (SSSR count). The molecule has 33 heavy (non-hydrogen) atoms. The third kappa shape index (κ3) is 4.21. The molecule has 1 fully saturated rings. The number of carbonyl (C=O) groups is 1. The summed E-state index contributed by atoms with van der Waals surface area (Å²) in [7, 11) is 0. The summed E-state index contributed by atoms with van der Waals surface area (Å²) in [6, 6.07) is 14.8. The number of aromatic hydroxyl groups is 1. The Balaban J connectivity index is 1.51. The lowest BCUT2D eigenvalue weighted by atomic mass is 9.97. The van der Waals surface area contributed by atoms with Crippen LogP contribution in [0.1, 0.15) is 22.8 Å². The molecule has 0 unspecified atom stereocenters. The van der Waals surface area contributed by atoms with Crippen molar-refractivity contribution < 1.29 is 23.4 Å². The SMILES string of the molecule is CCN1CC(Oc2ccc(C(=O)c3c(-c4cc(F)cc(F)c4)sc4cc(O)ccc34)cc2)C1. The number of likely N-dealkylation sites (N-methyl/N-ethyl adjacent to an activating group) is 1. The molecule has 1 aliphatic heterocycles. The molecule has 0 spiro atoms. The molecule has 0 bridgehead atoms. The highest BCUT2D eigenvalue weighted by Crippen LogP contribution is 2.41. The van der Waals surface area contributed by atoms with Gasteiger partial charge in [0.25, 0.3) is 0 Å². The number of phenols is 1. The highest BCUT2D eigenvalue weighted by Gasteiger charge is 2.27. The first-order valence-electron chi connectivity index (χ1n) is 10.7. The van der Waals surface area contributed by atoms with Gasteiger partial charge in [-0.1, -0.05) is 6.92 Å². The number of ketones is 1. The van der Waals surface area contributed by atoms with E-state index in [1.54, 1.807) is 36.4 Å². The zero-order valence-corrected chi connectivity index (χ0v) is 18.7. The van der Waals surface area contributed by atoms with Crippen LogP contribution in [0.2, 0.25) is 0 Å². The molecule has 7 heteroatoms. The van der Waals surface area contributed by atoms with Crippen LogP contribution in [0.4, 0.5) is 8.78 Å². The zero-order valence-electron chi connectivity index (χ0n) is 17.8. The van der Waals surface area contributed by atoms with Gasteiger partial charge in [-0.15, -0.1) is 11.3 Å². The third-order valence-corrected chi connectivity index (χ3v) is 7.02. The molecule has 0 atom stereocenters. The van der Waals surface area contributed by atoms with Crippen LogP contribution in [0.25, 0.3) is 20.5 Å². The van der Waals surface area contributed by atoms with Gasteiger partial charge in [0.2, 0.25) is 0 Å². The number of nitrogens with zero attached hydrogens (tertiary/aromatic N) is 1. The van der Waals surface area contributed by atoms with Crippen LogP contribution in [-0.2, 0) is 0 Å². The van der Waals surface area contributed by atoms with E-state index in [9.17, 15) is 18.7 Å². The number of carbonyl (C=O) groups excluding carboxylic acids is 1. The van der Waals surface area contributed by atoms with Crippen LogP contribution in [-0.4, -0.2) is 41.5 Å². The molecule has 3 aromatic carbocycles. The lowest BCUT2D eigenvalue weighted by molar-refractivity contribution is 0.0238. The summed E-state index contributed by atoms with van der Waals surface area (Å²) in [4.78, 5) is 16.3. The first-order valence-corrected chi connectivity index (χ1v) is 11.5. The Morgan fingerprint density at radius 3 is 2.42 bits per heavy atom. The van der Waals surface area contributed by atoms with Crippen LogP contribution in [0, 0.1) is 11.6 Å². The fourth-order valence-electron chi connectivity index (χ4n) is 4.08. The summed E-state index contributed by atoms with van der Waals surface area (Å²) in [6.07, 6.45) is 0.148. The monoisotopic (exact) mass is 465 g/mol. The van der Waals surface area contributed by atoms with Crippen molar-refractivity contribution in [2.24, 2.45) is 0 Å². The first kappa shape index (κ1) is 21.6. The Morgan fingerprint density at radius 1 is 1.06 bits per heavy atom. The topological polar surface area (TPSA) is 49.8 Å². The van der Waals surface area contributed by atoms with E-state index in [1.807, 2.05) is 0 Å². The number of hydrogen-bond acceptors (Lipinski definition) is 5. The van der Waals surface area contributed by atoms with Gasteiger partial charge in [-0.05, 0) is 66.7 Å². The van der Waals surface area contributed by atoms with E-state index < -0.39 is 11.6 Å². The molecular weight excluding hydrogens is 444 g/mol. The van der Waals surface area contributed by atoms with Gasteiger partial charge in [-0.2, -0.15) is 0 Å². The van der Waals surface area contributed by atoms with E-state index in [0.29, 0.717) is 31.8 Å². The van der Waals surface area contributed by atoms with Gasteiger partial charge in [-0.3, -0.25) is 9.69 Å². The number of fused-ring (bicyclic) bond motifs is 1. The predicted molar refractivity (Wildman–Crippen MR) is 125 cm³/mol. The van der Waals surface area contributed by atoms with E-state index >= 15 is 0 Å². The molecule has 0 amide bonds. The van der Waals surface area contributed by atoms with Crippen molar-refractivity contribution in [2.75, 3.05) is 19.6 Å². The lowest BCUT2D eigenvalue weighted by Crippen LogP contribution is -2.53. The second-order valence-corrected chi connectivity index (χ2v) is 9.14. The van der Waals surface area contributed by atoms with Gasteiger partial charge in [0.05, 0.1) is 0 Å². The highest BCUT2D eigenvalue weighted by atomic mass is 32.1. The molecule has 4 nitrogen and oxygen atoms in total. The van der Waals surface area contributed by atoms with E-state index in [4.69, 9.17) is 4.74 Å². The third-order valence-electron chi connectivity index (χ3n) is 5.82. The highest BCUT2D eigenvalue weighted by molar-refractivity contribution is 7.22. The number of phenolic OH excluding ortho intramolecular Hbond substituents is 1. The average molecular weight is 466 g/mol. The summed E-state index contributed by atoms with van der Waals surface area (Å²) in [5.74, 6) is -0.955. The number of thiophene rings is 1. The largest absolute Gasteiger partial charge is 0.508 e. The number of halogens is 2. The quantitative estimate of drug-likeness (QED) is 0.362. The normalized spacial score (nSPS) is 14.4. The van der Waals surface area contributed by atoms with E-state index in [1.165, 1.54) is 29.5 Å². The molecule has 1 aliphatic rings. The Hall–Kier alpha value is -3.29. The smallest absolute Gasteiger partial charge is 0.195 e. The minimum Gasteiger partial charge on any atom is -0.508 e. The van der Waals surface area contributed by atoms with E-state index in [0.717, 1.165) is 25.7 Å². The van der Waals surface area contributed by atoms with Crippen LogP contribution < -0.4 is 4.74 Å². The van der Waals surface area contributed by atoms with Gasteiger partial charge in [-0.25, -0.2) is 8.78 Å². The summed E-state index contributed by atoms with van der Waals surface area (Å²) in [6.45, 7) is 4.88. The molecule has 0 saturated carbocycles. The van der Waals surface area contributed by atoms with Gasteiger partial charge in [0.1, 0.15) is 29.2 Å². The van der Waals surface area contributed by atoms with Crippen molar-refractivity contribution in [3.05, 3.63) is 83.4 Å². The summed E-state index contributed by atoms with van der Waals surface area (Å²) >= 11 is 1.21. The molecule has 1 aromatic heterocycles. The molecular formula is C26H21F2NO3S. The van der Waals surface area contributed by atoms with E-state index in [2.05, 4.69) is 11.8 Å². The zero-order chi connectivity index (χ0) is 23.1. The van der Waals surface area contributed by atoms with Gasteiger partial charge < -0.3 is 9.84 Å². The fourth-order valence-corrected chi connectivity index (χ4v) is 5.30. The van der Waals surface area contributed by atoms with Crippen LogP contribution in [0.5, 0.6) is 11.5 Å². The second kappa shape index (κ2) is 8.57. The standard InChI is InChI=1S/C26H21F2NO3S/c1-2-29-13-21(14-29)32-20-6-3-15(4-7-20)25(31)24-22-8-5-19(30)12-23(22)33-26(24)16-9-17(27)11-18(28)10-16/h3-12,21,30H,2,13-14H2,1H3. The molecule has 2 heterocycles. The number of likely N-dealkylation sites (tertiary alicyclic amines) is 1. The number of hydrogen-bond donors (Lipinski definition) is 1. The van der Waals surface area contributed by atoms with Crippen molar-refractivity contribution in [2.45, 2.75) is 13.0 Å². The lowest BCUT2D eigenvalue weighted by Gasteiger charge is -2.38. The van der Waals surface area contributed by atoms with Crippen molar-refractivity contribution in [3.63, 3.8) is 0 Å². The maximum absolute atomic E-state index is 13.9. The van der Waals surface area contributed by atoms with E-state index in [-0.39, 0.29) is 23.2 Å². The van der Waals surface area contributed by atoms with Gasteiger partial charge in [0, 0.05) is 45.2 Å². The maximum atomic E-state index is 13.9. The Kier molecular flexibility index (Phi) is 5.60. The summed E-state index contributed by atoms with van der Waals surface area (Å²) in [5.41, 5.74) is 1.07. The molecule has 168 valence electrons.